The van der Waals surface area contributed by atoms with Crippen LogP contribution in [0.15, 0.2) is 54.6 Å². The predicted molar refractivity (Wildman–Crippen MR) is 112 cm³/mol. The molecule has 1 saturated heterocycles. The number of nitrogens with zero attached hydrogens (tertiary/aromatic N) is 1. The summed E-state index contributed by atoms with van der Waals surface area (Å²) < 4.78 is 5.96. The van der Waals surface area contributed by atoms with Gasteiger partial charge in [-0.2, -0.15) is 0 Å². The molecule has 0 spiro atoms. The zero-order valence-electron chi connectivity index (χ0n) is 16.7. The molecule has 0 aliphatic carbocycles. The minimum Gasteiger partial charge on any atom is -0.481 e. The summed E-state index contributed by atoms with van der Waals surface area (Å²) in [5.74, 6) is -0.569. The van der Waals surface area contributed by atoms with Gasteiger partial charge in [0, 0.05) is 25.6 Å². The standard InChI is InChI=1S/C24H31NO3/c1-19-8-5-6-12-22(19)23(20-9-3-2-4-10-20)13-16-28-17-15-25-14-7-11-21(18-25)24(26)27/h2-6,8-10,12,21,23H,7,11,13-18H2,1H3,(H,26,27)/t21-,23?/m1/s1. The SMILES string of the molecule is Cc1ccccc1C(CCOCCN1CCC[C@@H](C(=O)O)C1)c1ccccc1. The zero-order chi connectivity index (χ0) is 19.8. The number of aliphatic carboxylic acids is 1. The highest BCUT2D eigenvalue weighted by Crippen LogP contribution is 2.30. The first-order chi connectivity index (χ1) is 13.6. The number of carbonyl (C=O) groups is 1. The van der Waals surface area contributed by atoms with Crippen LogP contribution < -0.4 is 0 Å². The van der Waals surface area contributed by atoms with Gasteiger partial charge in [0.05, 0.1) is 12.5 Å². The van der Waals surface area contributed by atoms with Crippen molar-refractivity contribution in [3.8, 4) is 0 Å². The number of hydrogen-bond donors (Lipinski definition) is 1. The van der Waals surface area contributed by atoms with Gasteiger partial charge >= 0.3 is 5.97 Å². The molecule has 1 heterocycles. The van der Waals surface area contributed by atoms with Crippen LogP contribution in [-0.2, 0) is 9.53 Å². The molecule has 1 aliphatic heterocycles. The van der Waals surface area contributed by atoms with Crippen LogP contribution in [-0.4, -0.2) is 48.8 Å². The number of aryl methyl sites for hydroxylation is 1. The van der Waals surface area contributed by atoms with Crippen molar-refractivity contribution in [2.45, 2.75) is 32.1 Å². The monoisotopic (exact) mass is 381 g/mol. The number of hydrogen-bond acceptors (Lipinski definition) is 3. The van der Waals surface area contributed by atoms with E-state index in [9.17, 15) is 9.90 Å². The maximum atomic E-state index is 11.2. The molecule has 1 N–H and O–H groups in total. The summed E-state index contributed by atoms with van der Waals surface area (Å²) in [7, 11) is 0. The molecule has 0 amide bonds. The molecular weight excluding hydrogens is 350 g/mol. The number of carboxylic acids is 1. The Morgan fingerprint density at radius 1 is 1.14 bits per heavy atom. The van der Waals surface area contributed by atoms with Crippen molar-refractivity contribution >= 4 is 5.97 Å². The lowest BCUT2D eigenvalue weighted by Crippen LogP contribution is -2.40. The molecular formula is C24H31NO3. The molecule has 1 fully saturated rings. The van der Waals surface area contributed by atoms with Crippen LogP contribution in [0.3, 0.4) is 0 Å². The van der Waals surface area contributed by atoms with Gasteiger partial charge in [-0.1, -0.05) is 54.6 Å². The normalized spacial score (nSPS) is 18.7. The summed E-state index contributed by atoms with van der Waals surface area (Å²) >= 11 is 0. The number of piperidine rings is 1. The molecule has 3 rings (SSSR count). The van der Waals surface area contributed by atoms with E-state index in [1.54, 1.807) is 0 Å². The molecule has 4 heteroatoms. The third kappa shape index (κ3) is 5.66. The van der Waals surface area contributed by atoms with Crippen molar-refractivity contribution in [3.63, 3.8) is 0 Å². The number of rotatable bonds is 9. The largest absolute Gasteiger partial charge is 0.481 e. The molecule has 2 aromatic carbocycles. The van der Waals surface area contributed by atoms with E-state index < -0.39 is 5.97 Å². The van der Waals surface area contributed by atoms with E-state index in [1.165, 1.54) is 16.7 Å². The fourth-order valence-electron chi connectivity index (χ4n) is 4.12. The van der Waals surface area contributed by atoms with Crippen LogP contribution in [0.1, 0.15) is 41.9 Å². The van der Waals surface area contributed by atoms with Crippen molar-refractivity contribution in [2.75, 3.05) is 32.8 Å². The highest BCUT2D eigenvalue weighted by Gasteiger charge is 2.25. The number of ether oxygens (including phenoxy) is 1. The topological polar surface area (TPSA) is 49.8 Å². The minimum absolute atomic E-state index is 0.225. The van der Waals surface area contributed by atoms with Gasteiger partial charge in [0.1, 0.15) is 0 Å². The second-order valence-electron chi connectivity index (χ2n) is 7.70. The van der Waals surface area contributed by atoms with Gasteiger partial charge in [0.15, 0.2) is 0 Å². The summed E-state index contributed by atoms with van der Waals surface area (Å²) in [5.41, 5.74) is 3.99. The number of likely N-dealkylation sites (tertiary alicyclic amines) is 1. The number of carboxylic acid groups (broad SMARTS) is 1. The van der Waals surface area contributed by atoms with Gasteiger partial charge in [-0.15, -0.1) is 0 Å². The van der Waals surface area contributed by atoms with Crippen LogP contribution in [0.2, 0.25) is 0 Å². The van der Waals surface area contributed by atoms with Crippen LogP contribution in [0.5, 0.6) is 0 Å². The molecule has 2 atom stereocenters. The van der Waals surface area contributed by atoms with Crippen LogP contribution in [0, 0.1) is 12.8 Å². The van der Waals surface area contributed by atoms with Gasteiger partial charge in [-0.3, -0.25) is 4.79 Å². The maximum Gasteiger partial charge on any atom is 0.307 e. The Balaban J connectivity index is 1.51. The molecule has 2 aromatic rings. The molecule has 1 unspecified atom stereocenters. The fourth-order valence-corrected chi connectivity index (χ4v) is 4.12. The van der Waals surface area contributed by atoms with Crippen molar-refractivity contribution in [1.29, 1.82) is 0 Å². The Bertz CT molecular complexity index is 747. The zero-order valence-corrected chi connectivity index (χ0v) is 16.7. The lowest BCUT2D eigenvalue weighted by atomic mass is 9.86. The predicted octanol–water partition coefficient (Wildman–Crippen LogP) is 4.33. The van der Waals surface area contributed by atoms with E-state index in [-0.39, 0.29) is 5.92 Å². The smallest absolute Gasteiger partial charge is 0.307 e. The second-order valence-corrected chi connectivity index (χ2v) is 7.70. The van der Waals surface area contributed by atoms with Crippen LogP contribution in [0.4, 0.5) is 0 Å². The van der Waals surface area contributed by atoms with Gasteiger partial charge in [-0.25, -0.2) is 0 Å². The summed E-state index contributed by atoms with van der Waals surface area (Å²) in [4.78, 5) is 13.4. The maximum absolute atomic E-state index is 11.2. The van der Waals surface area contributed by atoms with Gasteiger partial charge in [0.2, 0.25) is 0 Å². The summed E-state index contributed by atoms with van der Waals surface area (Å²) in [5, 5.41) is 9.21. The van der Waals surface area contributed by atoms with Crippen LogP contribution >= 0.6 is 0 Å². The van der Waals surface area contributed by atoms with E-state index in [2.05, 4.69) is 66.4 Å². The third-order valence-electron chi connectivity index (χ3n) is 5.72. The molecule has 0 aromatic heterocycles. The first-order valence-electron chi connectivity index (χ1n) is 10.3. The quantitative estimate of drug-likeness (QED) is 0.657. The Morgan fingerprint density at radius 2 is 1.89 bits per heavy atom. The highest BCUT2D eigenvalue weighted by molar-refractivity contribution is 5.70. The average molecular weight is 382 g/mol. The average Bonchev–Trinajstić information content (AvgIpc) is 2.72. The summed E-state index contributed by atoms with van der Waals surface area (Å²) in [6.07, 6.45) is 2.69. The molecule has 28 heavy (non-hydrogen) atoms. The first kappa shape index (κ1) is 20.6. The molecule has 0 radical (unpaired) electrons. The molecule has 0 bridgehead atoms. The molecule has 4 nitrogen and oxygen atoms in total. The second kappa shape index (κ2) is 10.4. The van der Waals surface area contributed by atoms with Crippen molar-refractivity contribution in [3.05, 3.63) is 71.3 Å². The summed E-state index contributed by atoms with van der Waals surface area (Å²) in [6, 6.07) is 19.2. The lowest BCUT2D eigenvalue weighted by Gasteiger charge is -2.30. The van der Waals surface area contributed by atoms with Crippen LogP contribution in [0.25, 0.3) is 0 Å². The van der Waals surface area contributed by atoms with E-state index in [1.807, 2.05) is 0 Å². The van der Waals surface area contributed by atoms with E-state index in [0.29, 0.717) is 25.7 Å². The molecule has 1 aliphatic rings. The van der Waals surface area contributed by atoms with Crippen molar-refractivity contribution in [2.24, 2.45) is 5.92 Å². The Kier molecular flexibility index (Phi) is 7.63. The third-order valence-corrected chi connectivity index (χ3v) is 5.72. The lowest BCUT2D eigenvalue weighted by molar-refractivity contribution is -0.143. The van der Waals surface area contributed by atoms with E-state index >= 15 is 0 Å². The Hall–Kier alpha value is -2.17. The first-order valence-corrected chi connectivity index (χ1v) is 10.3. The van der Waals surface area contributed by atoms with E-state index in [4.69, 9.17) is 4.74 Å². The molecule has 0 saturated carbocycles. The summed E-state index contributed by atoms with van der Waals surface area (Å²) in [6.45, 7) is 5.95. The minimum atomic E-state index is -0.672. The highest BCUT2D eigenvalue weighted by atomic mass is 16.5. The van der Waals surface area contributed by atoms with Crippen molar-refractivity contribution in [1.82, 2.24) is 4.90 Å². The van der Waals surface area contributed by atoms with E-state index in [0.717, 1.165) is 32.4 Å². The number of benzene rings is 2. The van der Waals surface area contributed by atoms with Gasteiger partial charge in [-0.05, 0) is 49.4 Å². The van der Waals surface area contributed by atoms with Gasteiger partial charge in [0.25, 0.3) is 0 Å². The molecule has 150 valence electrons. The van der Waals surface area contributed by atoms with Crippen molar-refractivity contribution < 1.29 is 14.6 Å². The van der Waals surface area contributed by atoms with Gasteiger partial charge < -0.3 is 14.7 Å². The Labute approximate surface area is 168 Å². The Morgan fingerprint density at radius 3 is 2.64 bits per heavy atom. The fraction of sp³-hybridized carbons (Fsp3) is 0.458.